The summed E-state index contributed by atoms with van der Waals surface area (Å²) in [5.74, 6) is -0.965. The first-order chi connectivity index (χ1) is 9.47. The summed E-state index contributed by atoms with van der Waals surface area (Å²) in [5.41, 5.74) is 0.774. The number of aliphatic carboxylic acids is 1. The lowest BCUT2D eigenvalue weighted by atomic mass is 10.2. The Morgan fingerprint density at radius 2 is 2.20 bits per heavy atom. The fourth-order valence-electron chi connectivity index (χ4n) is 1.51. The number of hydrogen-bond acceptors (Lipinski definition) is 3. The van der Waals surface area contributed by atoms with Gasteiger partial charge in [-0.25, -0.2) is 4.79 Å². The molecule has 0 saturated heterocycles. The van der Waals surface area contributed by atoms with Crippen molar-refractivity contribution in [2.45, 2.75) is 13.3 Å². The molecule has 0 radical (unpaired) electrons. The minimum absolute atomic E-state index is 0.117. The fraction of sp³-hybridized carbons (Fsp3) is 0.308. The summed E-state index contributed by atoms with van der Waals surface area (Å²) >= 11 is 5.95. The highest BCUT2D eigenvalue weighted by Crippen LogP contribution is 2.23. The van der Waals surface area contributed by atoms with E-state index < -0.39 is 12.0 Å². The number of rotatable bonds is 5. The number of carboxylic acid groups (broad SMARTS) is 1. The quantitative estimate of drug-likeness (QED) is 0.873. The molecule has 0 fully saturated rings. The average Bonchev–Trinajstić information content (AvgIpc) is 2.41. The van der Waals surface area contributed by atoms with Crippen LogP contribution in [0.4, 0.5) is 10.5 Å². The van der Waals surface area contributed by atoms with Crippen LogP contribution in [0, 0.1) is 11.3 Å². The van der Waals surface area contributed by atoms with Crippen molar-refractivity contribution in [1.82, 2.24) is 4.90 Å². The van der Waals surface area contributed by atoms with Crippen molar-refractivity contribution < 1.29 is 14.7 Å². The Balaban J connectivity index is 2.73. The molecule has 7 heteroatoms. The van der Waals surface area contributed by atoms with Crippen molar-refractivity contribution >= 4 is 29.3 Å². The number of nitrogens with one attached hydrogen (secondary N) is 1. The molecular weight excluding hydrogens is 282 g/mol. The van der Waals surface area contributed by atoms with Gasteiger partial charge in [0, 0.05) is 13.1 Å². The van der Waals surface area contributed by atoms with E-state index >= 15 is 0 Å². The second-order valence-electron chi connectivity index (χ2n) is 3.96. The van der Waals surface area contributed by atoms with E-state index in [4.69, 9.17) is 22.0 Å². The van der Waals surface area contributed by atoms with Gasteiger partial charge in [0.25, 0.3) is 0 Å². The standard InChI is InChI=1S/C13H14ClN3O3/c1-2-17(6-5-12(18)19)13(20)16-11-4-3-9(8-15)7-10(11)14/h3-4,7H,2,5-6H2,1H3,(H,16,20)(H,18,19). The predicted molar refractivity (Wildman–Crippen MR) is 74.7 cm³/mol. The van der Waals surface area contributed by atoms with Crippen LogP contribution in [0.3, 0.4) is 0 Å². The molecular formula is C13H14ClN3O3. The minimum atomic E-state index is -0.965. The fourth-order valence-corrected chi connectivity index (χ4v) is 1.74. The second kappa shape index (κ2) is 7.36. The third kappa shape index (κ3) is 4.44. The number of urea groups is 1. The largest absolute Gasteiger partial charge is 0.481 e. The number of benzene rings is 1. The van der Waals surface area contributed by atoms with Crippen LogP contribution in [-0.4, -0.2) is 35.1 Å². The van der Waals surface area contributed by atoms with Gasteiger partial charge in [0.1, 0.15) is 0 Å². The first-order valence-corrected chi connectivity index (χ1v) is 6.33. The lowest BCUT2D eigenvalue weighted by molar-refractivity contribution is -0.137. The van der Waals surface area contributed by atoms with E-state index in [2.05, 4.69) is 5.32 Å². The van der Waals surface area contributed by atoms with E-state index in [0.717, 1.165) is 0 Å². The van der Waals surface area contributed by atoms with Crippen molar-refractivity contribution in [3.63, 3.8) is 0 Å². The van der Waals surface area contributed by atoms with Crippen molar-refractivity contribution in [1.29, 1.82) is 5.26 Å². The number of carbonyl (C=O) groups is 2. The van der Waals surface area contributed by atoms with Crippen LogP contribution in [0.5, 0.6) is 0 Å². The van der Waals surface area contributed by atoms with E-state index in [1.54, 1.807) is 6.92 Å². The van der Waals surface area contributed by atoms with Crippen LogP contribution >= 0.6 is 11.6 Å². The number of halogens is 1. The van der Waals surface area contributed by atoms with Crippen LogP contribution in [0.25, 0.3) is 0 Å². The highest BCUT2D eigenvalue weighted by atomic mass is 35.5. The van der Waals surface area contributed by atoms with Crippen LogP contribution in [0.2, 0.25) is 5.02 Å². The Labute approximate surface area is 121 Å². The number of nitriles is 1. The van der Waals surface area contributed by atoms with Gasteiger partial charge >= 0.3 is 12.0 Å². The molecule has 0 bridgehead atoms. The number of anilines is 1. The number of carboxylic acids is 1. The van der Waals surface area contributed by atoms with E-state index in [1.807, 2.05) is 6.07 Å². The number of nitrogens with zero attached hydrogens (tertiary/aromatic N) is 2. The molecule has 0 aliphatic rings. The molecule has 0 aromatic heterocycles. The third-order valence-electron chi connectivity index (χ3n) is 2.60. The average molecular weight is 296 g/mol. The van der Waals surface area contributed by atoms with Crippen molar-refractivity contribution in [3.05, 3.63) is 28.8 Å². The maximum atomic E-state index is 12.0. The van der Waals surface area contributed by atoms with Crippen LogP contribution in [0.1, 0.15) is 18.9 Å². The summed E-state index contributed by atoms with van der Waals surface area (Å²) in [7, 11) is 0. The van der Waals surface area contributed by atoms with Crippen molar-refractivity contribution in [2.75, 3.05) is 18.4 Å². The van der Waals surface area contributed by atoms with E-state index in [-0.39, 0.29) is 18.0 Å². The molecule has 1 aromatic rings. The molecule has 106 valence electrons. The molecule has 0 spiro atoms. The van der Waals surface area contributed by atoms with Crippen molar-refractivity contribution in [2.24, 2.45) is 0 Å². The van der Waals surface area contributed by atoms with Gasteiger partial charge in [-0.05, 0) is 25.1 Å². The number of amides is 2. The van der Waals surface area contributed by atoms with Gasteiger partial charge in [-0.1, -0.05) is 11.6 Å². The molecule has 0 atom stereocenters. The number of carbonyl (C=O) groups excluding carboxylic acids is 1. The molecule has 0 aliphatic carbocycles. The minimum Gasteiger partial charge on any atom is -0.481 e. The zero-order chi connectivity index (χ0) is 15.1. The molecule has 20 heavy (non-hydrogen) atoms. The van der Waals surface area contributed by atoms with Gasteiger partial charge in [-0.3, -0.25) is 4.79 Å². The molecule has 2 N–H and O–H groups in total. The topological polar surface area (TPSA) is 93.4 Å². The summed E-state index contributed by atoms with van der Waals surface area (Å²) in [6.07, 6.45) is -0.123. The van der Waals surface area contributed by atoms with Gasteiger partial charge < -0.3 is 15.3 Å². The summed E-state index contributed by atoms with van der Waals surface area (Å²) in [5, 5.41) is 20.2. The molecule has 0 aliphatic heterocycles. The Morgan fingerprint density at radius 3 is 2.70 bits per heavy atom. The van der Waals surface area contributed by atoms with Crippen LogP contribution in [0.15, 0.2) is 18.2 Å². The molecule has 6 nitrogen and oxygen atoms in total. The summed E-state index contributed by atoms with van der Waals surface area (Å²) in [4.78, 5) is 23.8. The third-order valence-corrected chi connectivity index (χ3v) is 2.92. The normalized spacial score (nSPS) is 9.65. The van der Waals surface area contributed by atoms with Crippen LogP contribution < -0.4 is 5.32 Å². The number of hydrogen-bond donors (Lipinski definition) is 2. The summed E-state index contributed by atoms with van der Waals surface area (Å²) in [6.45, 7) is 2.25. The summed E-state index contributed by atoms with van der Waals surface area (Å²) in [6, 6.07) is 6.03. The van der Waals surface area contributed by atoms with Gasteiger partial charge in [0.05, 0.1) is 28.8 Å². The summed E-state index contributed by atoms with van der Waals surface area (Å²) < 4.78 is 0. The van der Waals surface area contributed by atoms with Gasteiger partial charge in [-0.15, -0.1) is 0 Å². The van der Waals surface area contributed by atoms with Crippen molar-refractivity contribution in [3.8, 4) is 6.07 Å². The molecule has 0 heterocycles. The maximum absolute atomic E-state index is 12.0. The van der Waals surface area contributed by atoms with E-state index in [9.17, 15) is 9.59 Å². The first-order valence-electron chi connectivity index (χ1n) is 5.95. The second-order valence-corrected chi connectivity index (χ2v) is 4.37. The molecule has 1 aromatic carbocycles. The SMILES string of the molecule is CCN(CCC(=O)O)C(=O)Nc1ccc(C#N)cc1Cl. The van der Waals surface area contributed by atoms with Gasteiger partial charge in [0.2, 0.25) is 0 Å². The Hall–Kier alpha value is -2.26. The predicted octanol–water partition coefficient (Wildman–Crippen LogP) is 2.54. The molecule has 0 saturated carbocycles. The Kier molecular flexibility index (Phi) is 5.81. The lowest BCUT2D eigenvalue weighted by Gasteiger charge is -2.20. The van der Waals surface area contributed by atoms with E-state index in [0.29, 0.717) is 17.8 Å². The zero-order valence-electron chi connectivity index (χ0n) is 10.9. The highest BCUT2D eigenvalue weighted by molar-refractivity contribution is 6.33. The lowest BCUT2D eigenvalue weighted by Crippen LogP contribution is -2.36. The first kappa shape index (κ1) is 15.8. The van der Waals surface area contributed by atoms with Gasteiger partial charge in [0.15, 0.2) is 0 Å². The smallest absolute Gasteiger partial charge is 0.321 e. The van der Waals surface area contributed by atoms with Crippen LogP contribution in [-0.2, 0) is 4.79 Å². The molecule has 0 unspecified atom stereocenters. The molecule has 1 rings (SSSR count). The monoisotopic (exact) mass is 295 g/mol. The zero-order valence-corrected chi connectivity index (χ0v) is 11.6. The molecule has 2 amide bonds. The Morgan fingerprint density at radius 1 is 1.50 bits per heavy atom. The van der Waals surface area contributed by atoms with E-state index in [1.165, 1.54) is 23.1 Å². The maximum Gasteiger partial charge on any atom is 0.321 e. The van der Waals surface area contributed by atoms with Gasteiger partial charge in [-0.2, -0.15) is 5.26 Å². The highest BCUT2D eigenvalue weighted by Gasteiger charge is 2.14. The Bertz CT molecular complexity index is 554.